The Morgan fingerprint density at radius 2 is 2.17 bits per heavy atom. The third kappa shape index (κ3) is 2.90. The molecule has 1 saturated carbocycles. The van der Waals surface area contributed by atoms with Gasteiger partial charge in [0.2, 0.25) is 0 Å². The van der Waals surface area contributed by atoms with Gasteiger partial charge in [-0.05, 0) is 40.9 Å². The Hall–Kier alpha value is -0.940. The molecule has 4 nitrogen and oxygen atoms in total. The third-order valence-corrected chi connectivity index (χ3v) is 4.11. The van der Waals surface area contributed by atoms with Crippen molar-refractivity contribution in [2.75, 3.05) is 6.61 Å². The topological polar surface area (TPSA) is 62.2 Å². The predicted molar refractivity (Wildman–Crippen MR) is 72.3 cm³/mol. The van der Waals surface area contributed by atoms with Gasteiger partial charge in [0, 0.05) is 10.7 Å². The van der Waals surface area contributed by atoms with Crippen molar-refractivity contribution in [3.8, 4) is 0 Å². The summed E-state index contributed by atoms with van der Waals surface area (Å²) in [6, 6.07) is 3.55. The van der Waals surface area contributed by atoms with Crippen molar-refractivity contribution in [1.29, 1.82) is 0 Å². The minimum absolute atomic E-state index is 0.0107. The number of pyridine rings is 1. The van der Waals surface area contributed by atoms with Crippen molar-refractivity contribution in [1.82, 2.24) is 10.3 Å². The standard InChI is InChI=1S/C13H17BrN2O2/c14-10-5-4-8-15-11(10)12(18)16-13(9-17)6-2-1-3-7-13/h4-5,8,17H,1-3,6-7,9H2,(H,16,18). The molecule has 2 N–H and O–H groups in total. The summed E-state index contributed by atoms with van der Waals surface area (Å²) in [7, 11) is 0. The van der Waals surface area contributed by atoms with E-state index in [2.05, 4.69) is 26.2 Å². The summed E-state index contributed by atoms with van der Waals surface area (Å²) in [6.45, 7) is -0.0107. The van der Waals surface area contributed by atoms with Gasteiger partial charge in [-0.1, -0.05) is 19.3 Å². The average molecular weight is 313 g/mol. The highest BCUT2D eigenvalue weighted by molar-refractivity contribution is 9.10. The van der Waals surface area contributed by atoms with Crippen LogP contribution in [0.2, 0.25) is 0 Å². The largest absolute Gasteiger partial charge is 0.394 e. The molecule has 1 amide bonds. The maximum atomic E-state index is 12.2. The lowest BCUT2D eigenvalue weighted by atomic mass is 9.82. The second kappa shape index (κ2) is 5.80. The molecule has 0 spiro atoms. The Labute approximate surface area is 115 Å². The first-order chi connectivity index (χ1) is 8.67. The van der Waals surface area contributed by atoms with Gasteiger partial charge in [-0.2, -0.15) is 0 Å². The zero-order valence-electron chi connectivity index (χ0n) is 10.2. The molecule has 1 heterocycles. The second-order valence-electron chi connectivity index (χ2n) is 4.79. The first kappa shape index (κ1) is 13.5. The van der Waals surface area contributed by atoms with Crippen LogP contribution >= 0.6 is 15.9 Å². The number of nitrogens with zero attached hydrogens (tertiary/aromatic N) is 1. The Bertz CT molecular complexity index is 431. The van der Waals surface area contributed by atoms with Crippen LogP contribution in [0.1, 0.15) is 42.6 Å². The van der Waals surface area contributed by atoms with Gasteiger partial charge >= 0.3 is 0 Å². The molecule has 0 aromatic carbocycles. The maximum Gasteiger partial charge on any atom is 0.271 e. The smallest absolute Gasteiger partial charge is 0.271 e. The van der Waals surface area contributed by atoms with E-state index in [9.17, 15) is 9.90 Å². The molecule has 1 fully saturated rings. The molecule has 2 rings (SSSR count). The Balaban J connectivity index is 2.13. The molecule has 98 valence electrons. The summed E-state index contributed by atoms with van der Waals surface area (Å²) in [4.78, 5) is 16.3. The number of nitrogens with one attached hydrogen (secondary N) is 1. The molecule has 1 aromatic heterocycles. The van der Waals surface area contributed by atoms with Crippen molar-refractivity contribution < 1.29 is 9.90 Å². The molecule has 0 bridgehead atoms. The number of carbonyl (C=O) groups is 1. The molecule has 0 radical (unpaired) electrons. The number of aliphatic hydroxyl groups is 1. The summed E-state index contributed by atoms with van der Waals surface area (Å²) in [5, 5.41) is 12.5. The number of hydrogen-bond acceptors (Lipinski definition) is 3. The van der Waals surface area contributed by atoms with Gasteiger partial charge in [-0.25, -0.2) is 4.98 Å². The number of halogens is 1. The molecular formula is C13H17BrN2O2. The molecule has 5 heteroatoms. The molecule has 0 unspecified atom stereocenters. The summed E-state index contributed by atoms with van der Waals surface area (Å²) in [5.41, 5.74) is -0.0948. The maximum absolute atomic E-state index is 12.2. The van der Waals surface area contributed by atoms with E-state index in [0.29, 0.717) is 10.2 Å². The lowest BCUT2D eigenvalue weighted by Gasteiger charge is -2.36. The average Bonchev–Trinajstić information content (AvgIpc) is 2.40. The van der Waals surface area contributed by atoms with E-state index in [-0.39, 0.29) is 12.5 Å². The molecule has 1 aliphatic rings. The van der Waals surface area contributed by atoms with Crippen molar-refractivity contribution in [3.63, 3.8) is 0 Å². The van der Waals surface area contributed by atoms with Gasteiger partial charge in [0.15, 0.2) is 0 Å². The molecule has 0 aliphatic heterocycles. The van der Waals surface area contributed by atoms with E-state index in [1.807, 2.05) is 0 Å². The van der Waals surface area contributed by atoms with Gasteiger partial charge < -0.3 is 10.4 Å². The van der Waals surface area contributed by atoms with E-state index >= 15 is 0 Å². The lowest BCUT2D eigenvalue weighted by molar-refractivity contribution is 0.0753. The van der Waals surface area contributed by atoms with E-state index in [0.717, 1.165) is 25.7 Å². The third-order valence-electron chi connectivity index (χ3n) is 3.47. The van der Waals surface area contributed by atoms with Crippen LogP contribution in [-0.2, 0) is 0 Å². The number of rotatable bonds is 3. The number of hydrogen-bond donors (Lipinski definition) is 2. The van der Waals surface area contributed by atoms with Gasteiger partial charge in [0.25, 0.3) is 5.91 Å². The monoisotopic (exact) mass is 312 g/mol. The Kier molecular flexibility index (Phi) is 4.35. The second-order valence-corrected chi connectivity index (χ2v) is 5.64. The first-order valence-corrected chi connectivity index (χ1v) is 7.00. The summed E-state index contributed by atoms with van der Waals surface area (Å²) in [5.74, 6) is -0.224. The van der Waals surface area contributed by atoms with Gasteiger partial charge in [0.05, 0.1) is 12.1 Å². The van der Waals surface area contributed by atoms with Crippen molar-refractivity contribution >= 4 is 21.8 Å². The van der Waals surface area contributed by atoms with Crippen LogP contribution in [0.25, 0.3) is 0 Å². The van der Waals surface area contributed by atoms with E-state index in [1.165, 1.54) is 6.42 Å². The van der Waals surface area contributed by atoms with Crippen LogP contribution in [0.4, 0.5) is 0 Å². The number of amides is 1. The molecule has 1 aliphatic carbocycles. The van der Waals surface area contributed by atoms with E-state index in [4.69, 9.17) is 0 Å². The quantitative estimate of drug-likeness (QED) is 0.900. The summed E-state index contributed by atoms with van der Waals surface area (Å²) >= 11 is 3.32. The number of aliphatic hydroxyl groups excluding tert-OH is 1. The Morgan fingerprint density at radius 3 is 2.78 bits per heavy atom. The van der Waals surface area contributed by atoms with Crippen LogP contribution in [0, 0.1) is 0 Å². The van der Waals surface area contributed by atoms with Gasteiger partial charge in [-0.3, -0.25) is 4.79 Å². The van der Waals surface area contributed by atoms with Crippen LogP contribution in [0.3, 0.4) is 0 Å². The zero-order chi connectivity index (χ0) is 13.0. The van der Waals surface area contributed by atoms with Crippen LogP contribution in [0.15, 0.2) is 22.8 Å². The highest BCUT2D eigenvalue weighted by atomic mass is 79.9. The van der Waals surface area contributed by atoms with Crippen molar-refractivity contribution in [2.24, 2.45) is 0 Å². The summed E-state index contributed by atoms with van der Waals surface area (Å²) < 4.78 is 0.673. The highest BCUT2D eigenvalue weighted by Gasteiger charge is 2.33. The predicted octanol–water partition coefficient (Wildman–Crippen LogP) is 2.27. The fraction of sp³-hybridized carbons (Fsp3) is 0.538. The molecule has 0 saturated heterocycles. The molecular weight excluding hydrogens is 296 g/mol. The number of carbonyl (C=O) groups excluding carboxylic acids is 1. The zero-order valence-corrected chi connectivity index (χ0v) is 11.7. The van der Waals surface area contributed by atoms with E-state index in [1.54, 1.807) is 18.3 Å². The van der Waals surface area contributed by atoms with Crippen LogP contribution in [-0.4, -0.2) is 28.1 Å². The van der Waals surface area contributed by atoms with Gasteiger partial charge in [0.1, 0.15) is 5.69 Å². The molecule has 0 atom stereocenters. The first-order valence-electron chi connectivity index (χ1n) is 6.21. The van der Waals surface area contributed by atoms with Crippen molar-refractivity contribution in [2.45, 2.75) is 37.6 Å². The minimum Gasteiger partial charge on any atom is -0.394 e. The SMILES string of the molecule is O=C(NC1(CO)CCCCC1)c1ncccc1Br. The van der Waals surface area contributed by atoms with Crippen molar-refractivity contribution in [3.05, 3.63) is 28.5 Å². The van der Waals surface area contributed by atoms with Crippen LogP contribution in [0.5, 0.6) is 0 Å². The Morgan fingerprint density at radius 1 is 1.44 bits per heavy atom. The fourth-order valence-electron chi connectivity index (χ4n) is 2.40. The normalized spacial score (nSPS) is 18.3. The molecule has 1 aromatic rings. The van der Waals surface area contributed by atoms with Crippen LogP contribution < -0.4 is 5.32 Å². The minimum atomic E-state index is -0.466. The highest BCUT2D eigenvalue weighted by Crippen LogP contribution is 2.28. The molecule has 18 heavy (non-hydrogen) atoms. The number of aromatic nitrogens is 1. The fourth-order valence-corrected chi connectivity index (χ4v) is 2.84. The lowest BCUT2D eigenvalue weighted by Crippen LogP contribution is -2.52. The van der Waals surface area contributed by atoms with E-state index < -0.39 is 5.54 Å². The summed E-state index contributed by atoms with van der Waals surface area (Å²) in [6.07, 6.45) is 6.52. The van der Waals surface area contributed by atoms with Gasteiger partial charge in [-0.15, -0.1) is 0 Å².